The molecule has 1 aromatic heterocycles. The van der Waals surface area contributed by atoms with Gasteiger partial charge >= 0.3 is 0 Å². The number of aromatic nitrogens is 1. The quantitative estimate of drug-likeness (QED) is 0.429. The van der Waals surface area contributed by atoms with Gasteiger partial charge in [-0.2, -0.15) is 0 Å². The highest BCUT2D eigenvalue weighted by Gasteiger charge is 2.39. The zero-order valence-electron chi connectivity index (χ0n) is 24.1. The van der Waals surface area contributed by atoms with Gasteiger partial charge in [-0.25, -0.2) is 4.98 Å². The van der Waals surface area contributed by atoms with Gasteiger partial charge in [0.2, 0.25) is 11.8 Å². The molecule has 2 aliphatic rings. The van der Waals surface area contributed by atoms with Gasteiger partial charge in [0.1, 0.15) is 0 Å². The number of anilines is 4. The Morgan fingerprint density at radius 2 is 1.76 bits per heavy atom. The molecule has 1 aromatic carbocycles. The minimum absolute atomic E-state index is 0.147. The summed E-state index contributed by atoms with van der Waals surface area (Å²) in [4.78, 5) is 20.9. The largest absolute Gasteiger partial charge is 0.481 e. The molecular weight excluding hydrogens is 494 g/mol. The number of hydrogen-bond donors (Lipinski definition) is 2. The molecule has 208 valence electrons. The molecule has 1 atom stereocenters. The van der Waals surface area contributed by atoms with Gasteiger partial charge in [0.25, 0.3) is 0 Å². The van der Waals surface area contributed by atoms with E-state index in [4.69, 9.17) is 9.16 Å². The molecule has 3 heterocycles. The zero-order chi connectivity index (χ0) is 27.4. The monoisotopic (exact) mass is 539 g/mol. The number of amides is 1. The van der Waals surface area contributed by atoms with Gasteiger partial charge in [0.05, 0.1) is 30.8 Å². The van der Waals surface area contributed by atoms with Crippen LogP contribution in [0.5, 0.6) is 5.88 Å². The van der Waals surface area contributed by atoms with Crippen LogP contribution in [0.4, 0.5) is 22.7 Å². The molecular formula is C29H45N5O3Si. The SMILES string of the molecule is COc1cc(Nc2ccc(N3CC(N4CCC(C(O[SiH](C)C)C(C)(C)C)CC4)C3)cc2)c(NC(C)=O)cn1. The van der Waals surface area contributed by atoms with E-state index in [1.807, 2.05) is 0 Å². The Morgan fingerprint density at radius 3 is 2.32 bits per heavy atom. The molecule has 8 nitrogen and oxygen atoms in total. The fourth-order valence-corrected chi connectivity index (χ4v) is 6.87. The van der Waals surface area contributed by atoms with Crippen molar-refractivity contribution in [2.24, 2.45) is 11.3 Å². The van der Waals surface area contributed by atoms with E-state index in [0.29, 0.717) is 29.6 Å². The fourth-order valence-electron chi connectivity index (χ4n) is 5.65. The lowest BCUT2D eigenvalue weighted by Crippen LogP contribution is -2.61. The Kier molecular flexibility index (Phi) is 9.00. The number of rotatable bonds is 9. The van der Waals surface area contributed by atoms with Gasteiger partial charge in [0, 0.05) is 43.5 Å². The summed E-state index contributed by atoms with van der Waals surface area (Å²) in [5.41, 5.74) is 3.73. The predicted octanol–water partition coefficient (Wildman–Crippen LogP) is 5.11. The normalized spacial score (nSPS) is 18.3. The van der Waals surface area contributed by atoms with Crippen molar-refractivity contribution in [3.05, 3.63) is 36.5 Å². The molecule has 0 bridgehead atoms. The van der Waals surface area contributed by atoms with E-state index in [1.165, 1.54) is 38.5 Å². The Hall–Kier alpha value is -2.62. The van der Waals surface area contributed by atoms with Crippen molar-refractivity contribution in [2.75, 3.05) is 48.8 Å². The molecule has 2 aliphatic heterocycles. The smallest absolute Gasteiger partial charge is 0.221 e. The third kappa shape index (κ3) is 7.06. The van der Waals surface area contributed by atoms with E-state index in [9.17, 15) is 4.79 Å². The number of nitrogens with zero attached hydrogens (tertiary/aromatic N) is 3. The number of carbonyl (C=O) groups excluding carboxylic acids is 1. The third-order valence-corrected chi connectivity index (χ3v) is 8.40. The molecule has 2 N–H and O–H groups in total. The minimum Gasteiger partial charge on any atom is -0.481 e. The van der Waals surface area contributed by atoms with E-state index in [0.717, 1.165) is 24.5 Å². The second-order valence-electron chi connectivity index (χ2n) is 12.0. The summed E-state index contributed by atoms with van der Waals surface area (Å²) in [6.45, 7) is 17.6. The zero-order valence-corrected chi connectivity index (χ0v) is 25.2. The predicted molar refractivity (Wildman–Crippen MR) is 158 cm³/mol. The van der Waals surface area contributed by atoms with Crippen LogP contribution in [-0.4, -0.2) is 70.3 Å². The van der Waals surface area contributed by atoms with Crippen LogP contribution < -0.4 is 20.3 Å². The molecule has 0 aliphatic carbocycles. The first-order chi connectivity index (χ1) is 18.0. The highest BCUT2D eigenvalue weighted by atomic mass is 28.3. The molecule has 9 heteroatoms. The van der Waals surface area contributed by atoms with Gasteiger partial charge in [-0.3, -0.25) is 9.69 Å². The molecule has 2 saturated heterocycles. The highest BCUT2D eigenvalue weighted by molar-refractivity contribution is 6.48. The molecule has 2 aromatic rings. The summed E-state index contributed by atoms with van der Waals surface area (Å²) in [5, 5.41) is 6.20. The molecule has 38 heavy (non-hydrogen) atoms. The lowest BCUT2D eigenvalue weighted by Gasteiger charge is -2.50. The van der Waals surface area contributed by atoms with Crippen LogP contribution in [0, 0.1) is 11.3 Å². The van der Waals surface area contributed by atoms with Crippen LogP contribution in [0.2, 0.25) is 13.1 Å². The van der Waals surface area contributed by atoms with Crippen molar-refractivity contribution in [1.82, 2.24) is 9.88 Å². The summed E-state index contributed by atoms with van der Waals surface area (Å²) < 4.78 is 11.8. The van der Waals surface area contributed by atoms with Crippen LogP contribution >= 0.6 is 0 Å². The molecule has 2 fully saturated rings. The molecule has 1 unspecified atom stereocenters. The first kappa shape index (κ1) is 28.4. The lowest BCUT2D eigenvalue weighted by atomic mass is 9.77. The maximum Gasteiger partial charge on any atom is 0.221 e. The second kappa shape index (κ2) is 12.0. The molecule has 0 saturated carbocycles. The maximum atomic E-state index is 11.6. The van der Waals surface area contributed by atoms with E-state index in [2.05, 4.69) is 83.5 Å². The number of methoxy groups -OCH3 is 1. The fraction of sp³-hybridized carbons (Fsp3) is 0.586. The van der Waals surface area contributed by atoms with Crippen molar-refractivity contribution in [1.29, 1.82) is 0 Å². The summed E-state index contributed by atoms with van der Waals surface area (Å²) >= 11 is 0. The first-order valence-electron chi connectivity index (χ1n) is 13.9. The molecule has 1 amide bonds. The summed E-state index contributed by atoms with van der Waals surface area (Å²) in [6.07, 6.45) is 4.45. The van der Waals surface area contributed by atoms with Crippen LogP contribution in [0.3, 0.4) is 0 Å². The van der Waals surface area contributed by atoms with E-state index >= 15 is 0 Å². The Labute approximate surface area is 229 Å². The van der Waals surface area contributed by atoms with Crippen LogP contribution in [-0.2, 0) is 9.22 Å². The highest BCUT2D eigenvalue weighted by Crippen LogP contribution is 2.36. The molecule has 0 radical (unpaired) electrons. The summed E-state index contributed by atoms with van der Waals surface area (Å²) in [7, 11) is 0.517. The number of nitrogens with one attached hydrogen (secondary N) is 2. The number of ether oxygens (including phenoxy) is 1. The molecule has 0 spiro atoms. The van der Waals surface area contributed by atoms with Crippen LogP contribution in [0.25, 0.3) is 0 Å². The van der Waals surface area contributed by atoms with Crippen molar-refractivity contribution in [2.45, 2.75) is 65.8 Å². The van der Waals surface area contributed by atoms with Gasteiger partial charge in [0.15, 0.2) is 9.04 Å². The number of benzene rings is 1. The van der Waals surface area contributed by atoms with E-state index in [-0.39, 0.29) is 11.3 Å². The van der Waals surface area contributed by atoms with E-state index < -0.39 is 9.04 Å². The number of piperidine rings is 1. The summed E-state index contributed by atoms with van der Waals surface area (Å²) in [5.74, 6) is 1.01. The standard InChI is InChI=1S/C29H45N5O3Si/c1-20(35)31-26-17-30-27(36-5)16-25(26)32-22-8-10-23(11-9-22)34-18-24(19-34)33-14-12-21(13-15-33)28(29(2,3)4)37-38(6)7/h8-11,16-17,21,24,28,38H,12-15,18-19H2,1-7H3,(H,30,32)(H,31,35). The van der Waals surface area contributed by atoms with Crippen LogP contribution in [0.1, 0.15) is 40.5 Å². The Bertz CT molecular complexity index is 1070. The average molecular weight is 540 g/mol. The van der Waals surface area contributed by atoms with E-state index in [1.54, 1.807) is 19.4 Å². The van der Waals surface area contributed by atoms with Crippen molar-refractivity contribution < 1.29 is 14.0 Å². The number of hydrogen-bond acceptors (Lipinski definition) is 7. The lowest BCUT2D eigenvalue weighted by molar-refractivity contribution is -0.114. The van der Waals surface area contributed by atoms with Crippen molar-refractivity contribution in [3.63, 3.8) is 0 Å². The van der Waals surface area contributed by atoms with Crippen molar-refractivity contribution in [3.8, 4) is 5.88 Å². The third-order valence-electron chi connectivity index (χ3n) is 7.56. The topological polar surface area (TPSA) is 79.0 Å². The van der Waals surface area contributed by atoms with Crippen LogP contribution in [0.15, 0.2) is 36.5 Å². The van der Waals surface area contributed by atoms with Gasteiger partial charge in [-0.1, -0.05) is 20.8 Å². The average Bonchev–Trinajstić information content (AvgIpc) is 2.83. The second-order valence-corrected chi connectivity index (χ2v) is 14.4. The summed E-state index contributed by atoms with van der Waals surface area (Å²) in [6, 6.07) is 10.9. The number of pyridine rings is 1. The van der Waals surface area contributed by atoms with Gasteiger partial charge in [-0.05, 0) is 74.6 Å². The Morgan fingerprint density at radius 1 is 1.11 bits per heavy atom. The molecule has 4 rings (SSSR count). The van der Waals surface area contributed by atoms with Gasteiger partial charge in [-0.15, -0.1) is 0 Å². The Balaban J connectivity index is 1.29. The number of carbonyl (C=O) groups is 1. The number of likely N-dealkylation sites (tertiary alicyclic amines) is 1. The van der Waals surface area contributed by atoms with Gasteiger partial charge < -0.3 is 24.7 Å². The first-order valence-corrected chi connectivity index (χ1v) is 16.6. The minimum atomic E-state index is -1.06. The van der Waals surface area contributed by atoms with Crippen molar-refractivity contribution >= 4 is 37.7 Å². The maximum absolute atomic E-state index is 11.6.